The molecule has 0 bridgehead atoms. The summed E-state index contributed by atoms with van der Waals surface area (Å²) < 4.78 is 5.14. The minimum absolute atomic E-state index is 0.0342. The number of carbonyl (C=O) groups excluding carboxylic acids is 1. The lowest BCUT2D eigenvalue weighted by Crippen LogP contribution is -2.36. The van der Waals surface area contributed by atoms with Gasteiger partial charge in [-0.15, -0.1) is 0 Å². The number of alkyl carbamates (subject to hydrolysis) is 1. The average molecular weight is 307 g/mol. The van der Waals surface area contributed by atoms with E-state index in [1.165, 1.54) is 24.3 Å². The summed E-state index contributed by atoms with van der Waals surface area (Å²) in [5, 5.41) is 16.6. The number of carbonyl (C=O) groups is 1. The second kappa shape index (κ2) is 7.28. The summed E-state index contributed by atoms with van der Waals surface area (Å²) in [5.41, 5.74) is 8.27. The molecule has 9 heteroatoms. The molecule has 0 fully saturated rings. The Balaban J connectivity index is 2.90. The van der Waals surface area contributed by atoms with Crippen LogP contribution in [0.3, 0.4) is 0 Å². The fourth-order valence-corrected chi connectivity index (χ4v) is 1.63. The smallest absolute Gasteiger partial charge is 0.408 e. The van der Waals surface area contributed by atoms with E-state index in [1.807, 2.05) is 0 Å². The molecule has 0 aliphatic rings. The molecule has 1 aromatic rings. The van der Waals surface area contributed by atoms with Crippen LogP contribution < -0.4 is 5.32 Å². The van der Waals surface area contributed by atoms with Crippen LogP contribution in [0.15, 0.2) is 29.4 Å². The number of nitro benzene ring substituents is 1. The minimum atomic E-state index is -0.664. The van der Waals surface area contributed by atoms with Gasteiger partial charge in [-0.25, -0.2) is 4.79 Å². The van der Waals surface area contributed by atoms with Gasteiger partial charge in [0.05, 0.1) is 17.5 Å². The van der Waals surface area contributed by atoms with Crippen LogP contribution in [0.5, 0.6) is 0 Å². The largest absolute Gasteiger partial charge is 0.444 e. The highest BCUT2D eigenvalue weighted by molar-refractivity contribution is 5.68. The Hall–Kier alpha value is -2.80. The lowest BCUT2D eigenvalue weighted by Gasteiger charge is -2.23. The number of ether oxygens (including phenoxy) is 1. The Morgan fingerprint density at radius 1 is 1.45 bits per heavy atom. The maximum atomic E-state index is 11.8. The second-order valence-corrected chi connectivity index (χ2v) is 5.46. The summed E-state index contributed by atoms with van der Waals surface area (Å²) in [7, 11) is 0. The zero-order valence-electron chi connectivity index (χ0n) is 12.5. The van der Waals surface area contributed by atoms with E-state index < -0.39 is 22.7 Å². The number of rotatable bonds is 5. The van der Waals surface area contributed by atoms with E-state index in [2.05, 4.69) is 15.3 Å². The number of benzene rings is 1. The van der Waals surface area contributed by atoms with Crippen LogP contribution in [0.25, 0.3) is 10.4 Å². The van der Waals surface area contributed by atoms with Crippen LogP contribution in [-0.4, -0.2) is 23.2 Å². The Morgan fingerprint density at radius 3 is 2.50 bits per heavy atom. The van der Waals surface area contributed by atoms with Gasteiger partial charge in [0.25, 0.3) is 5.69 Å². The first-order chi connectivity index (χ1) is 10.2. The summed E-state index contributed by atoms with van der Waals surface area (Å²) in [4.78, 5) is 24.6. The molecule has 0 aliphatic carbocycles. The molecule has 1 rings (SSSR count). The van der Waals surface area contributed by atoms with Crippen molar-refractivity contribution in [3.05, 3.63) is 50.4 Å². The van der Waals surface area contributed by atoms with E-state index in [-0.39, 0.29) is 12.2 Å². The molecule has 118 valence electrons. The summed E-state index contributed by atoms with van der Waals surface area (Å²) in [6, 6.07) is 4.98. The topological polar surface area (TPSA) is 130 Å². The second-order valence-electron chi connectivity index (χ2n) is 5.46. The first kappa shape index (κ1) is 17.3. The molecule has 0 aliphatic heterocycles. The SMILES string of the molecule is CC(C)(C)OC(=O)N[C@H](CN=[N+]=[N-])c1ccc([N+](=O)[O-])cc1. The molecule has 0 spiro atoms. The van der Waals surface area contributed by atoms with Gasteiger partial charge in [0.2, 0.25) is 0 Å². The van der Waals surface area contributed by atoms with Gasteiger partial charge in [0.1, 0.15) is 5.60 Å². The lowest BCUT2D eigenvalue weighted by atomic mass is 10.1. The monoisotopic (exact) mass is 307 g/mol. The van der Waals surface area contributed by atoms with Crippen LogP contribution in [0.1, 0.15) is 32.4 Å². The van der Waals surface area contributed by atoms with Crippen molar-refractivity contribution in [2.45, 2.75) is 32.4 Å². The van der Waals surface area contributed by atoms with Crippen molar-refractivity contribution in [3.63, 3.8) is 0 Å². The normalized spacial score (nSPS) is 12.0. The Kier molecular flexibility index (Phi) is 5.71. The highest BCUT2D eigenvalue weighted by Crippen LogP contribution is 2.19. The van der Waals surface area contributed by atoms with Crippen molar-refractivity contribution in [1.82, 2.24) is 5.32 Å². The average Bonchev–Trinajstić information content (AvgIpc) is 2.41. The first-order valence-electron chi connectivity index (χ1n) is 6.47. The fourth-order valence-electron chi connectivity index (χ4n) is 1.63. The summed E-state index contributed by atoms with van der Waals surface area (Å²) in [5.74, 6) is 0. The maximum Gasteiger partial charge on any atom is 0.408 e. The standard InChI is InChI=1S/C13H17N5O4/c1-13(2,3)22-12(19)16-11(8-15-17-14)9-4-6-10(7-5-9)18(20)21/h4-7,11H,8H2,1-3H3,(H,16,19)/t11-/m1/s1. The number of nitrogens with zero attached hydrogens (tertiary/aromatic N) is 4. The zero-order chi connectivity index (χ0) is 16.8. The number of non-ortho nitro benzene ring substituents is 1. The first-order valence-corrected chi connectivity index (χ1v) is 6.47. The molecule has 0 radical (unpaired) electrons. The van der Waals surface area contributed by atoms with Gasteiger partial charge >= 0.3 is 6.09 Å². The molecule has 1 aromatic carbocycles. The van der Waals surface area contributed by atoms with Crippen molar-refractivity contribution in [2.75, 3.05) is 6.54 Å². The summed E-state index contributed by atoms with van der Waals surface area (Å²) in [6.45, 7) is 5.14. The number of hydrogen-bond acceptors (Lipinski definition) is 5. The number of hydrogen-bond donors (Lipinski definition) is 1. The van der Waals surface area contributed by atoms with Crippen LogP contribution in [0.4, 0.5) is 10.5 Å². The van der Waals surface area contributed by atoms with Crippen LogP contribution in [-0.2, 0) is 4.74 Å². The third kappa shape index (κ3) is 5.68. The highest BCUT2D eigenvalue weighted by atomic mass is 16.6. The molecule has 0 heterocycles. The Bertz CT molecular complexity index is 587. The molecule has 9 nitrogen and oxygen atoms in total. The van der Waals surface area contributed by atoms with Crippen molar-refractivity contribution < 1.29 is 14.5 Å². The molecule has 0 saturated carbocycles. The molecule has 1 N–H and O–H groups in total. The highest BCUT2D eigenvalue weighted by Gasteiger charge is 2.20. The molecule has 1 atom stereocenters. The molecule has 0 saturated heterocycles. The van der Waals surface area contributed by atoms with E-state index in [4.69, 9.17) is 10.3 Å². The van der Waals surface area contributed by atoms with Crippen LogP contribution in [0.2, 0.25) is 0 Å². The van der Waals surface area contributed by atoms with Crippen LogP contribution in [0, 0.1) is 10.1 Å². The number of azide groups is 1. The molecule has 22 heavy (non-hydrogen) atoms. The van der Waals surface area contributed by atoms with Crippen molar-refractivity contribution >= 4 is 11.8 Å². The van der Waals surface area contributed by atoms with E-state index in [9.17, 15) is 14.9 Å². The molecule has 0 unspecified atom stereocenters. The Morgan fingerprint density at radius 2 is 2.05 bits per heavy atom. The van der Waals surface area contributed by atoms with Crippen LogP contribution >= 0.6 is 0 Å². The molecular formula is C13H17N5O4. The fraction of sp³-hybridized carbons (Fsp3) is 0.462. The predicted molar refractivity (Wildman–Crippen MR) is 79.2 cm³/mol. The third-order valence-corrected chi connectivity index (χ3v) is 2.52. The van der Waals surface area contributed by atoms with Gasteiger partial charge in [-0.2, -0.15) is 0 Å². The predicted octanol–water partition coefficient (Wildman–Crippen LogP) is 3.47. The summed E-state index contributed by atoms with van der Waals surface area (Å²) >= 11 is 0. The van der Waals surface area contributed by atoms with Gasteiger partial charge in [-0.1, -0.05) is 17.2 Å². The lowest BCUT2D eigenvalue weighted by molar-refractivity contribution is -0.384. The zero-order valence-corrected chi connectivity index (χ0v) is 12.5. The van der Waals surface area contributed by atoms with Crippen molar-refractivity contribution in [1.29, 1.82) is 0 Å². The van der Waals surface area contributed by atoms with Gasteiger partial charge in [0.15, 0.2) is 0 Å². The molecule has 0 aromatic heterocycles. The number of nitro groups is 1. The third-order valence-electron chi connectivity index (χ3n) is 2.52. The number of amides is 1. The summed E-state index contributed by atoms with van der Waals surface area (Å²) in [6.07, 6.45) is -0.663. The van der Waals surface area contributed by atoms with Gasteiger partial charge < -0.3 is 10.1 Å². The minimum Gasteiger partial charge on any atom is -0.444 e. The molecule has 1 amide bonds. The Labute approximate surface area is 127 Å². The number of nitrogens with one attached hydrogen (secondary N) is 1. The van der Waals surface area contributed by atoms with E-state index in [0.29, 0.717) is 5.56 Å². The quantitative estimate of drug-likeness (QED) is 0.293. The maximum absolute atomic E-state index is 11.8. The van der Waals surface area contributed by atoms with Crippen molar-refractivity contribution in [2.24, 2.45) is 5.11 Å². The van der Waals surface area contributed by atoms with E-state index in [0.717, 1.165) is 0 Å². The van der Waals surface area contributed by atoms with E-state index >= 15 is 0 Å². The van der Waals surface area contributed by atoms with E-state index in [1.54, 1.807) is 20.8 Å². The van der Waals surface area contributed by atoms with Gasteiger partial charge in [-0.3, -0.25) is 10.1 Å². The van der Waals surface area contributed by atoms with Gasteiger partial charge in [-0.05, 0) is 31.9 Å². The van der Waals surface area contributed by atoms with Gasteiger partial charge in [0, 0.05) is 17.0 Å². The van der Waals surface area contributed by atoms with Crippen molar-refractivity contribution in [3.8, 4) is 0 Å². The molecular weight excluding hydrogens is 290 g/mol.